The maximum Gasteiger partial charge on any atom is 0.213 e. The van der Waals surface area contributed by atoms with Crippen LogP contribution in [0.25, 0.3) is 0 Å². The molecule has 0 aromatic heterocycles. The summed E-state index contributed by atoms with van der Waals surface area (Å²) in [5.41, 5.74) is 1.21. The van der Waals surface area contributed by atoms with E-state index in [1.165, 1.54) is 5.56 Å². The second kappa shape index (κ2) is 5.16. The van der Waals surface area contributed by atoms with Crippen LogP contribution in [0.4, 0.5) is 0 Å². The van der Waals surface area contributed by atoms with E-state index in [1.807, 2.05) is 18.2 Å². The molecule has 1 aliphatic rings. The predicted octanol–water partition coefficient (Wildman–Crippen LogP) is 0.940. The van der Waals surface area contributed by atoms with Crippen molar-refractivity contribution in [2.45, 2.75) is 24.6 Å². The number of hydrogen-bond acceptors (Lipinski definition) is 3. The van der Waals surface area contributed by atoms with Crippen LogP contribution in [0.5, 0.6) is 0 Å². The Labute approximate surface area is 102 Å². The fraction of sp³-hybridized carbons (Fsp3) is 0.500. The zero-order valence-corrected chi connectivity index (χ0v) is 10.6. The monoisotopic (exact) mass is 254 g/mol. The molecule has 1 unspecified atom stereocenters. The Morgan fingerprint density at radius 3 is 2.65 bits per heavy atom. The molecule has 0 aliphatic carbocycles. The summed E-state index contributed by atoms with van der Waals surface area (Å²) in [6.07, 6.45) is 1.58. The molecule has 0 bridgehead atoms. The highest BCUT2D eigenvalue weighted by atomic mass is 32.2. The summed E-state index contributed by atoms with van der Waals surface area (Å²) in [6.45, 7) is 2.29. The number of sulfonamides is 1. The third kappa shape index (κ3) is 3.52. The number of nitrogens with zero attached hydrogens (tertiary/aromatic N) is 1. The van der Waals surface area contributed by atoms with E-state index >= 15 is 0 Å². The van der Waals surface area contributed by atoms with Gasteiger partial charge in [-0.3, -0.25) is 4.90 Å². The van der Waals surface area contributed by atoms with Crippen LogP contribution in [0, 0.1) is 0 Å². The fourth-order valence-corrected chi connectivity index (χ4v) is 3.18. The predicted molar refractivity (Wildman–Crippen MR) is 67.8 cm³/mol. The summed E-state index contributed by atoms with van der Waals surface area (Å²) >= 11 is 0. The average Bonchev–Trinajstić information content (AvgIpc) is 2.29. The first-order chi connectivity index (χ1) is 8.05. The van der Waals surface area contributed by atoms with Crippen LogP contribution in [-0.4, -0.2) is 31.7 Å². The van der Waals surface area contributed by atoms with Gasteiger partial charge in [0.25, 0.3) is 0 Å². The number of primary sulfonamides is 1. The second-order valence-corrected chi connectivity index (χ2v) is 6.42. The van der Waals surface area contributed by atoms with Gasteiger partial charge in [-0.25, -0.2) is 13.6 Å². The Balaban J connectivity index is 1.99. The smallest absolute Gasteiger partial charge is 0.213 e. The van der Waals surface area contributed by atoms with Crippen LogP contribution in [0.3, 0.4) is 0 Å². The van der Waals surface area contributed by atoms with Gasteiger partial charge in [-0.2, -0.15) is 0 Å². The van der Waals surface area contributed by atoms with Gasteiger partial charge in [0.1, 0.15) is 0 Å². The van der Waals surface area contributed by atoms with Crippen molar-refractivity contribution in [2.75, 3.05) is 13.1 Å². The lowest BCUT2D eigenvalue weighted by Crippen LogP contribution is -2.44. The van der Waals surface area contributed by atoms with E-state index in [2.05, 4.69) is 17.0 Å². The Hall–Kier alpha value is -0.910. The molecule has 2 N–H and O–H groups in total. The number of likely N-dealkylation sites (tertiary alicyclic amines) is 1. The summed E-state index contributed by atoms with van der Waals surface area (Å²) in [6, 6.07) is 10.1. The molecule has 1 aromatic carbocycles. The largest absolute Gasteiger partial charge is 0.298 e. The van der Waals surface area contributed by atoms with Crippen LogP contribution >= 0.6 is 0 Å². The first-order valence-corrected chi connectivity index (χ1v) is 7.44. The Kier molecular flexibility index (Phi) is 3.81. The summed E-state index contributed by atoms with van der Waals surface area (Å²) in [5.74, 6) is 0. The first kappa shape index (κ1) is 12.5. The Morgan fingerprint density at radius 2 is 2.00 bits per heavy atom. The van der Waals surface area contributed by atoms with Gasteiger partial charge >= 0.3 is 0 Å². The zero-order chi connectivity index (χ0) is 12.3. The molecule has 0 saturated carbocycles. The molecule has 2 rings (SSSR count). The third-order valence-electron chi connectivity index (χ3n) is 3.18. The van der Waals surface area contributed by atoms with Crippen LogP contribution in [0.1, 0.15) is 18.4 Å². The van der Waals surface area contributed by atoms with E-state index < -0.39 is 15.3 Å². The molecular formula is C12H18N2O2S. The number of benzene rings is 1. The molecule has 94 valence electrons. The molecule has 1 aliphatic heterocycles. The van der Waals surface area contributed by atoms with Crippen LogP contribution in [0.2, 0.25) is 0 Å². The molecule has 1 fully saturated rings. The number of nitrogens with two attached hydrogens (primary N) is 1. The van der Waals surface area contributed by atoms with Crippen molar-refractivity contribution in [3.63, 3.8) is 0 Å². The molecule has 5 heteroatoms. The molecule has 0 spiro atoms. The molecule has 1 atom stereocenters. The van der Waals surface area contributed by atoms with Gasteiger partial charge < -0.3 is 0 Å². The minimum Gasteiger partial charge on any atom is -0.298 e. The van der Waals surface area contributed by atoms with Gasteiger partial charge in [0.15, 0.2) is 0 Å². The van der Waals surface area contributed by atoms with Gasteiger partial charge in [-0.1, -0.05) is 30.3 Å². The molecular weight excluding hydrogens is 236 g/mol. The van der Waals surface area contributed by atoms with E-state index in [0.29, 0.717) is 13.0 Å². The molecule has 0 radical (unpaired) electrons. The first-order valence-electron chi connectivity index (χ1n) is 5.83. The normalized spacial score (nSPS) is 22.5. The maximum absolute atomic E-state index is 11.3. The van der Waals surface area contributed by atoms with Crippen molar-refractivity contribution in [1.82, 2.24) is 4.90 Å². The maximum atomic E-state index is 11.3. The Morgan fingerprint density at radius 1 is 1.29 bits per heavy atom. The van der Waals surface area contributed by atoms with Crippen molar-refractivity contribution in [3.05, 3.63) is 35.9 Å². The summed E-state index contributed by atoms with van der Waals surface area (Å²) in [5, 5.41) is 4.81. The van der Waals surface area contributed by atoms with E-state index in [4.69, 9.17) is 5.14 Å². The van der Waals surface area contributed by atoms with E-state index in [0.717, 1.165) is 19.5 Å². The molecule has 1 aromatic rings. The van der Waals surface area contributed by atoms with Crippen molar-refractivity contribution in [1.29, 1.82) is 0 Å². The topological polar surface area (TPSA) is 63.4 Å². The summed E-state index contributed by atoms with van der Waals surface area (Å²) in [7, 11) is -3.39. The third-order valence-corrected chi connectivity index (χ3v) is 4.49. The van der Waals surface area contributed by atoms with E-state index in [9.17, 15) is 8.42 Å². The van der Waals surface area contributed by atoms with Gasteiger partial charge in [-0.05, 0) is 24.9 Å². The Bertz CT molecular complexity index is 459. The molecule has 1 saturated heterocycles. The highest BCUT2D eigenvalue weighted by molar-refractivity contribution is 7.89. The van der Waals surface area contributed by atoms with Crippen LogP contribution in [0.15, 0.2) is 30.3 Å². The second-order valence-electron chi connectivity index (χ2n) is 4.57. The lowest BCUT2D eigenvalue weighted by atomic mass is 10.1. The van der Waals surface area contributed by atoms with Crippen LogP contribution in [-0.2, 0) is 16.6 Å². The van der Waals surface area contributed by atoms with Crippen molar-refractivity contribution < 1.29 is 8.42 Å². The van der Waals surface area contributed by atoms with Gasteiger partial charge in [-0.15, -0.1) is 0 Å². The average molecular weight is 254 g/mol. The highest BCUT2D eigenvalue weighted by Crippen LogP contribution is 2.17. The van der Waals surface area contributed by atoms with E-state index in [-0.39, 0.29) is 0 Å². The zero-order valence-electron chi connectivity index (χ0n) is 9.75. The van der Waals surface area contributed by atoms with Gasteiger partial charge in [0, 0.05) is 13.1 Å². The molecule has 4 nitrogen and oxygen atoms in total. The lowest BCUT2D eigenvalue weighted by molar-refractivity contribution is 0.222. The minimum absolute atomic E-state index is 0.403. The molecule has 17 heavy (non-hydrogen) atoms. The minimum atomic E-state index is -3.39. The lowest BCUT2D eigenvalue weighted by Gasteiger charge is -2.31. The number of piperidine rings is 1. The summed E-state index contributed by atoms with van der Waals surface area (Å²) < 4.78 is 22.7. The molecule has 1 heterocycles. The van der Waals surface area contributed by atoms with Gasteiger partial charge in [0.2, 0.25) is 10.0 Å². The summed E-state index contributed by atoms with van der Waals surface area (Å²) in [4.78, 5) is 2.16. The fourth-order valence-electron chi connectivity index (χ4n) is 2.27. The number of rotatable bonds is 3. The SMILES string of the molecule is NS(=O)(=O)C1CCCN(Cc2ccccc2)C1. The quantitative estimate of drug-likeness (QED) is 0.873. The highest BCUT2D eigenvalue weighted by Gasteiger charge is 2.27. The van der Waals surface area contributed by atoms with Gasteiger partial charge in [0.05, 0.1) is 5.25 Å². The standard InChI is InChI=1S/C12H18N2O2S/c13-17(15,16)12-7-4-8-14(10-12)9-11-5-2-1-3-6-11/h1-3,5-6,12H,4,7-10H2,(H2,13,15,16). The number of hydrogen-bond donors (Lipinski definition) is 1. The van der Waals surface area contributed by atoms with Crippen LogP contribution < -0.4 is 5.14 Å². The van der Waals surface area contributed by atoms with Crippen molar-refractivity contribution in [3.8, 4) is 0 Å². The van der Waals surface area contributed by atoms with Crippen molar-refractivity contribution >= 4 is 10.0 Å². The van der Waals surface area contributed by atoms with Crippen molar-refractivity contribution in [2.24, 2.45) is 5.14 Å². The molecule has 0 amide bonds. The van der Waals surface area contributed by atoms with E-state index in [1.54, 1.807) is 0 Å².